The molecule has 0 aromatic rings. The average Bonchev–Trinajstić information content (AvgIpc) is 3.05. The number of aliphatic hydroxyl groups excluding tert-OH is 1. The summed E-state index contributed by atoms with van der Waals surface area (Å²) in [7, 11) is 1.70. The molecule has 4 rings (SSSR count). The van der Waals surface area contributed by atoms with Crippen LogP contribution in [0.3, 0.4) is 0 Å². The van der Waals surface area contributed by atoms with Crippen LogP contribution in [-0.4, -0.2) is 86.2 Å². The first-order valence-corrected chi connectivity index (χ1v) is 18.6. The first kappa shape index (κ1) is 38.4. The summed E-state index contributed by atoms with van der Waals surface area (Å²) in [6.07, 6.45) is 0.0519. The van der Waals surface area contributed by atoms with Crippen molar-refractivity contribution in [2.45, 2.75) is 183 Å². The molecule has 4 fully saturated rings. The molecule has 270 valence electrons. The lowest BCUT2D eigenvalue weighted by atomic mass is 9.81. The second kappa shape index (κ2) is 16.6. The van der Waals surface area contributed by atoms with E-state index in [0.29, 0.717) is 0 Å². The highest BCUT2D eigenvalue weighted by Crippen LogP contribution is 2.43. The number of methoxy groups -OCH3 is 1. The minimum absolute atomic E-state index is 0.0298. The lowest BCUT2D eigenvalue weighted by molar-refractivity contribution is -0.371. The van der Waals surface area contributed by atoms with Crippen LogP contribution in [0.5, 0.6) is 0 Å². The number of ether oxygens (including phenoxy) is 8. The van der Waals surface area contributed by atoms with Gasteiger partial charge in [-0.05, 0) is 49.4 Å². The van der Waals surface area contributed by atoms with Crippen molar-refractivity contribution in [2.75, 3.05) is 7.11 Å². The second-order valence-electron chi connectivity index (χ2n) is 15.2. The third-order valence-electron chi connectivity index (χ3n) is 12.5. The molecule has 9 nitrogen and oxygen atoms in total. The zero-order chi connectivity index (χ0) is 34.0. The van der Waals surface area contributed by atoms with Gasteiger partial charge in [0.05, 0.1) is 36.6 Å². The fraction of sp³-hybridized carbons (Fsp3) is 1.00. The van der Waals surface area contributed by atoms with Crippen molar-refractivity contribution in [1.29, 1.82) is 0 Å². The molecule has 46 heavy (non-hydrogen) atoms. The van der Waals surface area contributed by atoms with E-state index in [1.165, 1.54) is 0 Å². The van der Waals surface area contributed by atoms with Gasteiger partial charge in [-0.1, -0.05) is 83.1 Å². The van der Waals surface area contributed by atoms with E-state index in [-0.39, 0.29) is 90.3 Å². The van der Waals surface area contributed by atoms with Gasteiger partial charge >= 0.3 is 0 Å². The van der Waals surface area contributed by atoms with Gasteiger partial charge in [0.25, 0.3) is 0 Å². The molecule has 0 amide bonds. The van der Waals surface area contributed by atoms with E-state index in [1.54, 1.807) is 7.11 Å². The minimum Gasteiger partial charge on any atom is -0.388 e. The zero-order valence-electron chi connectivity index (χ0n) is 31.1. The highest BCUT2D eigenvalue weighted by molar-refractivity contribution is 4.93. The van der Waals surface area contributed by atoms with Gasteiger partial charge in [-0.3, -0.25) is 0 Å². The number of rotatable bonds is 11. The first-order chi connectivity index (χ1) is 21.8. The van der Waals surface area contributed by atoms with Crippen LogP contribution in [0.2, 0.25) is 0 Å². The summed E-state index contributed by atoms with van der Waals surface area (Å²) in [6, 6.07) is 0. The third-order valence-corrected chi connectivity index (χ3v) is 12.5. The Labute approximate surface area is 280 Å². The quantitative estimate of drug-likeness (QED) is 0.258. The molecule has 0 aliphatic carbocycles. The van der Waals surface area contributed by atoms with E-state index in [1.807, 2.05) is 0 Å². The van der Waals surface area contributed by atoms with E-state index < -0.39 is 31.1 Å². The zero-order valence-corrected chi connectivity index (χ0v) is 31.1. The third kappa shape index (κ3) is 7.68. The number of hydrogen-bond donors (Lipinski definition) is 1. The highest BCUT2D eigenvalue weighted by atomic mass is 16.8. The van der Waals surface area contributed by atoms with Crippen molar-refractivity contribution < 1.29 is 43.0 Å². The molecular formula is C37H68O9. The molecule has 0 saturated carbocycles. The molecule has 0 radical (unpaired) electrons. The minimum atomic E-state index is -0.732. The van der Waals surface area contributed by atoms with Gasteiger partial charge in [0, 0.05) is 30.8 Å². The summed E-state index contributed by atoms with van der Waals surface area (Å²) >= 11 is 0. The Bertz CT molecular complexity index is 903. The molecule has 0 aromatic heterocycles. The molecule has 9 heteroatoms. The molecule has 4 aliphatic rings. The van der Waals surface area contributed by atoms with Crippen LogP contribution in [0.1, 0.15) is 109 Å². The fourth-order valence-electron chi connectivity index (χ4n) is 8.73. The van der Waals surface area contributed by atoms with Crippen molar-refractivity contribution in [3.63, 3.8) is 0 Å². The van der Waals surface area contributed by atoms with Crippen LogP contribution in [0.25, 0.3) is 0 Å². The fourth-order valence-corrected chi connectivity index (χ4v) is 8.73. The number of hydrogen-bond acceptors (Lipinski definition) is 9. The summed E-state index contributed by atoms with van der Waals surface area (Å²) in [6.45, 7) is 26.0. The van der Waals surface area contributed by atoms with Crippen LogP contribution in [-0.2, 0) is 37.9 Å². The van der Waals surface area contributed by atoms with Crippen molar-refractivity contribution >= 4 is 0 Å². The number of aliphatic hydroxyl groups is 1. The van der Waals surface area contributed by atoms with Gasteiger partial charge in [0.1, 0.15) is 12.2 Å². The Morgan fingerprint density at radius 2 is 0.783 bits per heavy atom. The Kier molecular flexibility index (Phi) is 13.8. The van der Waals surface area contributed by atoms with Gasteiger partial charge in [0.2, 0.25) is 0 Å². The lowest BCUT2D eigenvalue weighted by Gasteiger charge is -2.52. The molecule has 4 heterocycles. The van der Waals surface area contributed by atoms with E-state index in [0.717, 1.165) is 25.7 Å². The largest absolute Gasteiger partial charge is 0.388 e. The maximum Gasteiger partial charge on any atom is 0.184 e. The van der Waals surface area contributed by atoms with Crippen molar-refractivity contribution in [2.24, 2.45) is 47.3 Å². The van der Waals surface area contributed by atoms with Gasteiger partial charge in [-0.25, -0.2) is 0 Å². The molecule has 4 saturated heterocycles. The van der Waals surface area contributed by atoms with Crippen LogP contribution in [0.15, 0.2) is 0 Å². The Morgan fingerprint density at radius 3 is 1.28 bits per heavy atom. The maximum absolute atomic E-state index is 11.3. The lowest BCUT2D eigenvalue weighted by Crippen LogP contribution is -2.60. The first-order valence-electron chi connectivity index (χ1n) is 18.6. The van der Waals surface area contributed by atoms with Gasteiger partial charge < -0.3 is 43.0 Å². The standard InChI is InChI=1S/C37H68O9/c1-14-26-18(5)20(7)30(38)36(42-26)46-33-21(8)19(6)27(15-2)43-37(33)45-32-23(10)29(17-4)41-35(25(32)12)44-31-22(9)28(16-3)40-34(39-13)24(31)11/h18-38H,14-17H2,1-13H3/t18-,19-,20-,21-,22+,23+,24?,25?,26?,27?,28?,29?,30?,31-,32-,33?,34-,35+,36+,37+/m0/s1. The topological polar surface area (TPSA) is 94.1 Å². The smallest absolute Gasteiger partial charge is 0.184 e. The van der Waals surface area contributed by atoms with Gasteiger partial charge in [-0.15, -0.1) is 0 Å². The predicted molar refractivity (Wildman–Crippen MR) is 177 cm³/mol. The molecule has 0 spiro atoms. The van der Waals surface area contributed by atoms with Crippen molar-refractivity contribution in [3.05, 3.63) is 0 Å². The molecule has 8 unspecified atom stereocenters. The molecular weight excluding hydrogens is 588 g/mol. The van der Waals surface area contributed by atoms with Crippen LogP contribution in [0.4, 0.5) is 0 Å². The molecule has 1 N–H and O–H groups in total. The Balaban J connectivity index is 1.58. The summed E-state index contributed by atoms with van der Waals surface area (Å²) in [4.78, 5) is 0. The predicted octanol–water partition coefficient (Wildman–Crippen LogP) is 6.78. The maximum atomic E-state index is 11.3. The summed E-state index contributed by atoms with van der Waals surface area (Å²) in [5, 5.41) is 11.3. The molecule has 0 aromatic carbocycles. The Hall–Kier alpha value is -0.360. The van der Waals surface area contributed by atoms with E-state index in [9.17, 15) is 5.11 Å². The Morgan fingerprint density at radius 1 is 0.413 bits per heavy atom. The summed E-state index contributed by atoms with van der Waals surface area (Å²) in [5.41, 5.74) is 0. The van der Waals surface area contributed by atoms with E-state index in [4.69, 9.17) is 37.9 Å². The SMILES string of the molecule is CCC1O[C@H](OC2[C@@H](O[C@@H]3C(C)[C@@H](O[C@@H]4C(C)[C@@H](OC)OC(CC)[C@H]4C)OC(CC)[C@H]3C)OC(CC)[C@@H](C)[C@@H]2C)C(O)[C@@H](C)[C@@H]1C. The average molecular weight is 657 g/mol. The van der Waals surface area contributed by atoms with Gasteiger partial charge in [0.15, 0.2) is 25.2 Å². The monoisotopic (exact) mass is 656 g/mol. The van der Waals surface area contributed by atoms with Crippen LogP contribution >= 0.6 is 0 Å². The van der Waals surface area contributed by atoms with Gasteiger partial charge in [-0.2, -0.15) is 0 Å². The van der Waals surface area contributed by atoms with Crippen molar-refractivity contribution in [1.82, 2.24) is 0 Å². The second-order valence-corrected chi connectivity index (χ2v) is 15.2. The normalized spacial score (nSPS) is 52.0. The highest BCUT2D eigenvalue weighted by Gasteiger charge is 2.52. The van der Waals surface area contributed by atoms with Crippen LogP contribution < -0.4 is 0 Å². The van der Waals surface area contributed by atoms with Crippen LogP contribution in [0, 0.1) is 47.3 Å². The van der Waals surface area contributed by atoms with Crippen molar-refractivity contribution in [3.8, 4) is 0 Å². The summed E-state index contributed by atoms with van der Waals surface area (Å²) in [5.74, 6) is 0.972. The van der Waals surface area contributed by atoms with E-state index >= 15 is 0 Å². The van der Waals surface area contributed by atoms with E-state index in [2.05, 4.69) is 83.1 Å². The summed E-state index contributed by atoms with van der Waals surface area (Å²) < 4.78 is 52.6. The molecule has 20 atom stereocenters. The molecule has 4 aliphatic heterocycles. The molecule has 0 bridgehead atoms.